The van der Waals surface area contributed by atoms with Crippen molar-refractivity contribution < 1.29 is 19.1 Å². The second kappa shape index (κ2) is 8.47. The quantitative estimate of drug-likeness (QED) is 0.222. The molecule has 5 nitrogen and oxygen atoms in total. The van der Waals surface area contributed by atoms with E-state index in [1.165, 1.54) is 0 Å². The van der Waals surface area contributed by atoms with Crippen LogP contribution >= 0.6 is 0 Å². The third-order valence-electron chi connectivity index (χ3n) is 6.67. The molecule has 5 heteroatoms. The van der Waals surface area contributed by atoms with Gasteiger partial charge in [0.25, 0.3) is 5.72 Å². The van der Waals surface area contributed by atoms with Gasteiger partial charge in [-0.25, -0.2) is 4.79 Å². The van der Waals surface area contributed by atoms with E-state index in [-0.39, 0.29) is 12.1 Å². The Labute approximate surface area is 208 Å². The Hall–Kier alpha value is -4.77. The summed E-state index contributed by atoms with van der Waals surface area (Å²) in [5.74, 6) is -1.53. The normalized spacial score (nSPS) is 18.5. The molecule has 174 valence electrons. The van der Waals surface area contributed by atoms with Gasteiger partial charge in [0.2, 0.25) is 5.78 Å². The maximum atomic E-state index is 14.4. The number of esters is 1. The molecule has 0 radical (unpaired) electrons. The number of carbonyl (C=O) groups excluding carboxylic acids is 3. The second-order valence-corrected chi connectivity index (χ2v) is 8.76. The lowest BCUT2D eigenvalue weighted by Crippen LogP contribution is -2.47. The number of benzene rings is 4. The summed E-state index contributed by atoms with van der Waals surface area (Å²) in [6.45, 7) is 0.254. The maximum absolute atomic E-state index is 14.4. The van der Waals surface area contributed by atoms with Gasteiger partial charge in [-0.3, -0.25) is 9.59 Å². The molecule has 1 spiro atoms. The molecule has 0 aliphatic carbocycles. The Kier molecular flexibility index (Phi) is 5.11. The first kappa shape index (κ1) is 21.7. The molecule has 2 aliphatic heterocycles. The lowest BCUT2D eigenvalue weighted by molar-refractivity contribution is -0.147. The molecule has 0 fully saturated rings. The van der Waals surface area contributed by atoms with Gasteiger partial charge >= 0.3 is 5.97 Å². The molecule has 0 saturated carbocycles. The van der Waals surface area contributed by atoms with E-state index in [0.29, 0.717) is 28.0 Å². The molecule has 0 aromatic heterocycles. The molecule has 0 amide bonds. The summed E-state index contributed by atoms with van der Waals surface area (Å²) in [6.07, 6.45) is 0. The van der Waals surface area contributed by atoms with Crippen molar-refractivity contribution >= 4 is 23.2 Å². The number of ether oxygens (including phenoxy) is 1. The third kappa shape index (κ3) is 3.21. The Balaban J connectivity index is 1.64. The number of Topliss-reactive ketones (excluding diaryl/α,β-unsaturated/α-hetero) is 2. The molecule has 0 N–H and O–H groups in total. The Bertz CT molecular complexity index is 1530. The summed E-state index contributed by atoms with van der Waals surface area (Å²) in [4.78, 5) is 43.2. The van der Waals surface area contributed by atoms with E-state index < -0.39 is 23.3 Å². The topological polar surface area (TPSA) is 63.7 Å². The van der Waals surface area contributed by atoms with Gasteiger partial charge in [0.05, 0.1) is 16.8 Å². The van der Waals surface area contributed by atoms with Gasteiger partial charge in [0.1, 0.15) is 0 Å². The zero-order valence-electron chi connectivity index (χ0n) is 19.3. The van der Waals surface area contributed by atoms with Gasteiger partial charge in [-0.15, -0.1) is 0 Å². The molecule has 6 rings (SSSR count). The smallest absolute Gasteiger partial charge is 0.341 e. The minimum Gasteiger partial charge on any atom is -0.423 e. The molecule has 4 aromatic carbocycles. The van der Waals surface area contributed by atoms with Crippen LogP contribution in [0.1, 0.15) is 37.4 Å². The molecule has 2 aliphatic rings. The minimum absolute atomic E-state index is 0.00725. The number of ketones is 2. The van der Waals surface area contributed by atoms with Crippen molar-refractivity contribution in [3.05, 3.63) is 149 Å². The summed E-state index contributed by atoms with van der Waals surface area (Å²) in [7, 11) is 0. The minimum atomic E-state index is -1.77. The van der Waals surface area contributed by atoms with Gasteiger partial charge in [0.15, 0.2) is 5.78 Å². The highest BCUT2D eigenvalue weighted by Gasteiger charge is 2.63. The molecule has 0 saturated heterocycles. The number of hydrogen-bond acceptors (Lipinski definition) is 5. The summed E-state index contributed by atoms with van der Waals surface area (Å²) < 4.78 is 5.99. The van der Waals surface area contributed by atoms with Crippen LogP contribution in [0.15, 0.2) is 121 Å². The zero-order valence-corrected chi connectivity index (χ0v) is 19.3. The largest absolute Gasteiger partial charge is 0.423 e. The summed E-state index contributed by atoms with van der Waals surface area (Å²) in [5, 5.41) is 0. The van der Waals surface area contributed by atoms with Gasteiger partial charge in [-0.2, -0.15) is 0 Å². The summed E-state index contributed by atoms with van der Waals surface area (Å²) in [5.41, 5.74) is 1.45. The number of fused-ring (bicyclic) bond motifs is 2. The third-order valence-corrected chi connectivity index (χ3v) is 6.67. The van der Waals surface area contributed by atoms with Gasteiger partial charge < -0.3 is 9.64 Å². The SMILES string of the molecule is O=C(C1=C(c2ccccc2)N(Cc2ccccc2)C2(OC(=O)c3ccccc32)C1=O)c1ccccc1. The van der Waals surface area contributed by atoms with E-state index in [4.69, 9.17) is 4.74 Å². The van der Waals surface area contributed by atoms with Crippen LogP contribution in [-0.2, 0) is 21.8 Å². The molecule has 0 bridgehead atoms. The highest BCUT2D eigenvalue weighted by Crippen LogP contribution is 2.52. The van der Waals surface area contributed by atoms with Gasteiger partial charge in [0, 0.05) is 17.7 Å². The molecular weight excluding hydrogens is 450 g/mol. The van der Waals surface area contributed by atoms with Crippen molar-refractivity contribution in [3.63, 3.8) is 0 Å². The van der Waals surface area contributed by atoms with E-state index in [1.807, 2.05) is 66.7 Å². The summed E-state index contributed by atoms with van der Waals surface area (Å²) >= 11 is 0. The van der Waals surface area contributed by atoms with Crippen molar-refractivity contribution in [2.24, 2.45) is 0 Å². The van der Waals surface area contributed by atoms with Crippen molar-refractivity contribution in [2.45, 2.75) is 12.3 Å². The first-order valence-electron chi connectivity index (χ1n) is 11.7. The highest BCUT2D eigenvalue weighted by atomic mass is 16.6. The first-order chi connectivity index (χ1) is 17.6. The number of rotatable bonds is 5. The van der Waals surface area contributed by atoms with Crippen LogP contribution in [0.4, 0.5) is 0 Å². The molecular formula is C31H21NO4. The van der Waals surface area contributed by atoms with Gasteiger partial charge in [-0.1, -0.05) is 109 Å². The van der Waals surface area contributed by atoms with Crippen LogP contribution in [0.2, 0.25) is 0 Å². The fourth-order valence-corrected chi connectivity index (χ4v) is 5.06. The van der Waals surface area contributed by atoms with Crippen LogP contribution < -0.4 is 0 Å². The van der Waals surface area contributed by atoms with Crippen molar-refractivity contribution in [1.29, 1.82) is 0 Å². The van der Waals surface area contributed by atoms with Crippen LogP contribution in [0.5, 0.6) is 0 Å². The molecule has 4 aromatic rings. The average molecular weight is 472 g/mol. The molecule has 1 atom stereocenters. The zero-order chi connectivity index (χ0) is 24.7. The van der Waals surface area contributed by atoms with Crippen LogP contribution in [0.3, 0.4) is 0 Å². The van der Waals surface area contributed by atoms with E-state index in [0.717, 1.165) is 5.56 Å². The standard InChI is InChI=1S/C31H21NO4/c33-28(23-16-8-3-9-17-23)26-27(22-14-6-2-7-15-22)32(20-21-12-4-1-5-13-21)31(29(26)34)25-19-11-10-18-24(25)30(35)36-31/h1-19H,20H2. The predicted octanol–water partition coefficient (Wildman–Crippen LogP) is 5.39. The Morgan fingerprint density at radius 3 is 2.00 bits per heavy atom. The van der Waals surface area contributed by atoms with E-state index in [9.17, 15) is 14.4 Å². The Morgan fingerprint density at radius 2 is 1.31 bits per heavy atom. The summed E-state index contributed by atoms with van der Waals surface area (Å²) in [6, 6.07) is 34.6. The number of carbonyl (C=O) groups is 3. The predicted molar refractivity (Wildman–Crippen MR) is 135 cm³/mol. The van der Waals surface area contributed by atoms with Crippen LogP contribution in [0.25, 0.3) is 5.70 Å². The van der Waals surface area contributed by atoms with Gasteiger partial charge in [-0.05, 0) is 17.2 Å². The maximum Gasteiger partial charge on any atom is 0.341 e. The van der Waals surface area contributed by atoms with Crippen LogP contribution in [-0.4, -0.2) is 22.4 Å². The monoisotopic (exact) mass is 471 g/mol. The molecule has 2 heterocycles. The second-order valence-electron chi connectivity index (χ2n) is 8.76. The average Bonchev–Trinajstić information content (AvgIpc) is 3.37. The highest BCUT2D eigenvalue weighted by molar-refractivity contribution is 6.35. The van der Waals surface area contributed by atoms with Crippen molar-refractivity contribution in [3.8, 4) is 0 Å². The lowest BCUT2D eigenvalue weighted by atomic mass is 9.91. The lowest BCUT2D eigenvalue weighted by Gasteiger charge is -2.36. The van der Waals surface area contributed by atoms with E-state index >= 15 is 0 Å². The van der Waals surface area contributed by atoms with Crippen molar-refractivity contribution in [1.82, 2.24) is 4.90 Å². The Morgan fingerprint density at radius 1 is 0.722 bits per heavy atom. The molecule has 1 unspecified atom stereocenters. The van der Waals surface area contributed by atoms with Crippen molar-refractivity contribution in [2.75, 3.05) is 0 Å². The fraction of sp³-hybridized carbons (Fsp3) is 0.0645. The first-order valence-corrected chi connectivity index (χ1v) is 11.7. The van der Waals surface area contributed by atoms with E-state index in [1.54, 1.807) is 53.4 Å². The van der Waals surface area contributed by atoms with E-state index in [2.05, 4.69) is 0 Å². The molecule has 36 heavy (non-hydrogen) atoms. The number of hydrogen-bond donors (Lipinski definition) is 0. The fourth-order valence-electron chi connectivity index (χ4n) is 5.06. The van der Waals surface area contributed by atoms with Crippen LogP contribution in [0, 0.1) is 0 Å². The number of nitrogens with zero attached hydrogens (tertiary/aromatic N) is 1.